The molecule has 2 rings (SSSR count). The lowest BCUT2D eigenvalue weighted by Gasteiger charge is -2.29. The van der Waals surface area contributed by atoms with Crippen LogP contribution >= 0.6 is 11.3 Å². The van der Waals surface area contributed by atoms with Gasteiger partial charge < -0.3 is 4.90 Å². The Morgan fingerprint density at radius 1 is 1.75 bits per heavy atom. The molecule has 3 heteroatoms. The number of carbonyl (C=O) groups is 1. The van der Waals surface area contributed by atoms with Crippen molar-refractivity contribution in [2.24, 2.45) is 0 Å². The van der Waals surface area contributed by atoms with Crippen molar-refractivity contribution in [2.75, 3.05) is 6.54 Å². The Morgan fingerprint density at radius 3 is 3.33 bits per heavy atom. The summed E-state index contributed by atoms with van der Waals surface area (Å²) < 4.78 is 0. The third-order valence-electron chi connectivity index (χ3n) is 2.46. The first-order valence-electron chi connectivity index (χ1n) is 4.10. The van der Waals surface area contributed by atoms with Crippen LogP contribution in [-0.4, -0.2) is 17.9 Å². The Kier molecular flexibility index (Phi) is 1.89. The van der Waals surface area contributed by atoms with Crippen LogP contribution in [0.3, 0.4) is 0 Å². The highest BCUT2D eigenvalue weighted by atomic mass is 32.1. The SMILES string of the molecule is C[C@H]1c2ccsc2CCN1C=O. The van der Waals surface area contributed by atoms with Gasteiger partial charge in [0.25, 0.3) is 0 Å². The van der Waals surface area contributed by atoms with Crippen LogP contribution in [0.2, 0.25) is 0 Å². The molecular weight excluding hydrogens is 170 g/mol. The van der Waals surface area contributed by atoms with E-state index in [-0.39, 0.29) is 6.04 Å². The van der Waals surface area contributed by atoms with Crippen molar-refractivity contribution in [3.8, 4) is 0 Å². The van der Waals surface area contributed by atoms with E-state index in [4.69, 9.17) is 0 Å². The lowest BCUT2D eigenvalue weighted by molar-refractivity contribution is -0.120. The predicted molar refractivity (Wildman–Crippen MR) is 49.2 cm³/mol. The molecule has 0 spiro atoms. The van der Waals surface area contributed by atoms with E-state index in [2.05, 4.69) is 18.4 Å². The standard InChI is InChI=1S/C9H11NOS/c1-7-8-3-5-12-9(8)2-4-10(7)6-11/h3,5-7H,2,4H2,1H3/t7-/m0/s1. The average Bonchev–Trinajstić information content (AvgIpc) is 2.53. The normalized spacial score (nSPS) is 22.1. The first kappa shape index (κ1) is 7.80. The molecule has 0 aliphatic carbocycles. The zero-order valence-corrected chi connectivity index (χ0v) is 7.80. The maximum atomic E-state index is 10.6. The summed E-state index contributed by atoms with van der Waals surface area (Å²) in [5.41, 5.74) is 1.33. The van der Waals surface area contributed by atoms with Gasteiger partial charge in [0.05, 0.1) is 6.04 Å². The lowest BCUT2D eigenvalue weighted by Crippen LogP contribution is -2.31. The van der Waals surface area contributed by atoms with E-state index in [9.17, 15) is 4.79 Å². The third-order valence-corrected chi connectivity index (χ3v) is 3.46. The third kappa shape index (κ3) is 1.05. The second-order valence-corrected chi connectivity index (χ2v) is 4.07. The summed E-state index contributed by atoms with van der Waals surface area (Å²) in [5.74, 6) is 0. The van der Waals surface area contributed by atoms with Crippen molar-refractivity contribution in [1.82, 2.24) is 4.90 Å². The molecule has 2 heterocycles. The molecule has 0 bridgehead atoms. The minimum absolute atomic E-state index is 0.275. The number of fused-ring (bicyclic) bond motifs is 1. The summed E-state index contributed by atoms with van der Waals surface area (Å²) >= 11 is 1.80. The molecule has 1 amide bonds. The average molecular weight is 181 g/mol. The van der Waals surface area contributed by atoms with Gasteiger partial charge in [-0.3, -0.25) is 4.79 Å². The van der Waals surface area contributed by atoms with Gasteiger partial charge in [0.15, 0.2) is 0 Å². The first-order valence-corrected chi connectivity index (χ1v) is 4.98. The van der Waals surface area contributed by atoms with Gasteiger partial charge in [0.2, 0.25) is 6.41 Å². The van der Waals surface area contributed by atoms with Crippen molar-refractivity contribution in [3.05, 3.63) is 21.9 Å². The van der Waals surface area contributed by atoms with Crippen molar-refractivity contribution in [3.63, 3.8) is 0 Å². The van der Waals surface area contributed by atoms with Crippen molar-refractivity contribution in [1.29, 1.82) is 0 Å². The molecule has 0 saturated heterocycles. The summed E-state index contributed by atoms with van der Waals surface area (Å²) in [6, 6.07) is 2.40. The molecule has 1 aliphatic rings. The molecule has 0 fully saturated rings. The molecule has 64 valence electrons. The highest BCUT2D eigenvalue weighted by molar-refractivity contribution is 7.10. The Balaban J connectivity index is 2.34. The van der Waals surface area contributed by atoms with Gasteiger partial charge in [-0.25, -0.2) is 0 Å². The van der Waals surface area contributed by atoms with E-state index in [1.807, 2.05) is 4.90 Å². The summed E-state index contributed by atoms with van der Waals surface area (Å²) in [6.45, 7) is 2.96. The number of hydrogen-bond acceptors (Lipinski definition) is 2. The molecule has 12 heavy (non-hydrogen) atoms. The summed E-state index contributed by atoms with van der Waals surface area (Å²) in [4.78, 5) is 13.9. The summed E-state index contributed by atoms with van der Waals surface area (Å²) in [5, 5.41) is 2.11. The minimum atomic E-state index is 0.275. The van der Waals surface area contributed by atoms with Gasteiger partial charge in [-0.2, -0.15) is 0 Å². The van der Waals surface area contributed by atoms with Crippen molar-refractivity contribution in [2.45, 2.75) is 19.4 Å². The zero-order valence-electron chi connectivity index (χ0n) is 6.99. The van der Waals surface area contributed by atoms with Gasteiger partial charge in [0, 0.05) is 11.4 Å². The molecule has 2 nitrogen and oxygen atoms in total. The van der Waals surface area contributed by atoms with Crippen LogP contribution in [-0.2, 0) is 11.2 Å². The molecule has 0 unspecified atom stereocenters. The van der Waals surface area contributed by atoms with E-state index in [1.54, 1.807) is 11.3 Å². The van der Waals surface area contributed by atoms with Gasteiger partial charge in [0.1, 0.15) is 0 Å². The first-order chi connectivity index (χ1) is 5.83. The van der Waals surface area contributed by atoms with Crippen LogP contribution in [0, 0.1) is 0 Å². The Morgan fingerprint density at radius 2 is 2.58 bits per heavy atom. The van der Waals surface area contributed by atoms with Crippen LogP contribution in [0.15, 0.2) is 11.4 Å². The number of thiophene rings is 1. The zero-order chi connectivity index (χ0) is 8.55. The lowest BCUT2D eigenvalue weighted by atomic mass is 10.0. The van der Waals surface area contributed by atoms with Crippen LogP contribution in [0.4, 0.5) is 0 Å². The fourth-order valence-corrected chi connectivity index (χ4v) is 2.64. The number of nitrogens with zero attached hydrogens (tertiary/aromatic N) is 1. The van der Waals surface area contributed by atoms with E-state index < -0.39 is 0 Å². The van der Waals surface area contributed by atoms with Crippen molar-refractivity contribution >= 4 is 17.7 Å². The molecule has 0 aromatic carbocycles. The number of carbonyl (C=O) groups excluding carboxylic acids is 1. The van der Waals surface area contributed by atoms with Gasteiger partial charge in [-0.1, -0.05) is 0 Å². The second kappa shape index (κ2) is 2.90. The molecule has 1 aromatic heterocycles. The number of hydrogen-bond donors (Lipinski definition) is 0. The van der Waals surface area contributed by atoms with Gasteiger partial charge >= 0.3 is 0 Å². The van der Waals surface area contributed by atoms with Gasteiger partial charge in [-0.05, 0) is 30.4 Å². The maximum absolute atomic E-state index is 10.6. The Labute approximate surface area is 75.8 Å². The largest absolute Gasteiger partial charge is 0.338 e. The highest BCUT2D eigenvalue weighted by Gasteiger charge is 2.22. The van der Waals surface area contributed by atoms with Crippen LogP contribution in [0.25, 0.3) is 0 Å². The van der Waals surface area contributed by atoms with E-state index in [1.165, 1.54) is 10.4 Å². The van der Waals surface area contributed by atoms with Crippen LogP contribution < -0.4 is 0 Å². The molecule has 0 N–H and O–H groups in total. The quantitative estimate of drug-likeness (QED) is 0.605. The smallest absolute Gasteiger partial charge is 0.210 e. The molecule has 1 atom stereocenters. The van der Waals surface area contributed by atoms with E-state index >= 15 is 0 Å². The number of rotatable bonds is 1. The molecule has 0 radical (unpaired) electrons. The van der Waals surface area contributed by atoms with Gasteiger partial charge in [-0.15, -0.1) is 11.3 Å². The Bertz CT molecular complexity index is 294. The fourth-order valence-electron chi connectivity index (χ4n) is 1.67. The second-order valence-electron chi connectivity index (χ2n) is 3.07. The molecule has 0 saturated carbocycles. The van der Waals surface area contributed by atoms with E-state index in [0.717, 1.165) is 19.4 Å². The molecular formula is C9H11NOS. The molecule has 1 aromatic rings. The monoisotopic (exact) mass is 181 g/mol. The summed E-state index contributed by atoms with van der Waals surface area (Å²) in [6.07, 6.45) is 1.97. The van der Waals surface area contributed by atoms with E-state index in [0.29, 0.717) is 0 Å². The number of amides is 1. The van der Waals surface area contributed by atoms with Crippen molar-refractivity contribution < 1.29 is 4.79 Å². The minimum Gasteiger partial charge on any atom is -0.338 e. The summed E-state index contributed by atoms with van der Waals surface area (Å²) in [7, 11) is 0. The fraction of sp³-hybridized carbons (Fsp3) is 0.444. The molecule has 1 aliphatic heterocycles. The van der Waals surface area contributed by atoms with Crippen LogP contribution in [0.5, 0.6) is 0 Å². The predicted octanol–water partition coefficient (Wildman–Crippen LogP) is 1.82. The van der Waals surface area contributed by atoms with Crippen LogP contribution in [0.1, 0.15) is 23.4 Å². The highest BCUT2D eigenvalue weighted by Crippen LogP contribution is 2.31. The Hall–Kier alpha value is -0.830. The topological polar surface area (TPSA) is 20.3 Å². The maximum Gasteiger partial charge on any atom is 0.210 e.